The number of imidazole rings is 2. The monoisotopic (exact) mass is 277 g/mol. The van der Waals surface area contributed by atoms with Gasteiger partial charge in [0.25, 0.3) is 0 Å². The highest BCUT2D eigenvalue weighted by atomic mass is 16.5. The summed E-state index contributed by atoms with van der Waals surface area (Å²) >= 11 is 0. The second kappa shape index (κ2) is 8.37. The summed E-state index contributed by atoms with van der Waals surface area (Å²) in [7, 11) is 1.73. The van der Waals surface area contributed by atoms with Crippen molar-refractivity contribution in [2.75, 3.05) is 25.6 Å². The molecule has 6 heteroatoms. The summed E-state index contributed by atoms with van der Waals surface area (Å²) < 4.78 is 9.30. The Bertz CT molecular complexity index is 466. The van der Waals surface area contributed by atoms with Gasteiger partial charge in [0.05, 0.1) is 6.33 Å². The Morgan fingerprint density at radius 2 is 2.10 bits per heavy atom. The Labute approximate surface area is 119 Å². The molecule has 2 aromatic rings. The predicted octanol–water partition coefficient (Wildman–Crippen LogP) is 2.01. The highest BCUT2D eigenvalue weighted by molar-refractivity contribution is 5.25. The molecule has 1 N–H and O–H groups in total. The summed E-state index contributed by atoms with van der Waals surface area (Å²) in [6, 6.07) is 0. The van der Waals surface area contributed by atoms with Gasteiger partial charge in [0.1, 0.15) is 0 Å². The lowest BCUT2D eigenvalue weighted by atomic mass is 10.3. The van der Waals surface area contributed by atoms with Gasteiger partial charge >= 0.3 is 0 Å². The van der Waals surface area contributed by atoms with Crippen LogP contribution in [0.3, 0.4) is 0 Å². The molecular weight excluding hydrogens is 254 g/mol. The molecule has 0 fully saturated rings. The Morgan fingerprint density at radius 3 is 2.90 bits per heavy atom. The number of hydrogen-bond acceptors (Lipinski definition) is 4. The third kappa shape index (κ3) is 4.70. The number of ether oxygens (including phenoxy) is 1. The van der Waals surface area contributed by atoms with E-state index in [4.69, 9.17) is 4.74 Å². The normalized spacial score (nSPS) is 10.8. The third-order valence-electron chi connectivity index (χ3n) is 3.15. The van der Waals surface area contributed by atoms with Crippen molar-refractivity contribution in [1.29, 1.82) is 0 Å². The summed E-state index contributed by atoms with van der Waals surface area (Å²) in [5.74, 6) is 0.948. The second-order valence-corrected chi connectivity index (χ2v) is 4.72. The smallest absolute Gasteiger partial charge is 0.202 e. The first kappa shape index (κ1) is 14.6. The van der Waals surface area contributed by atoms with E-state index in [9.17, 15) is 0 Å². The molecule has 20 heavy (non-hydrogen) atoms. The minimum absolute atomic E-state index is 0.780. The molecule has 0 saturated carbocycles. The molecule has 0 aromatic carbocycles. The Kier molecular flexibility index (Phi) is 6.10. The maximum absolute atomic E-state index is 5.07. The Balaban J connectivity index is 1.62. The molecule has 0 aliphatic carbocycles. The van der Waals surface area contributed by atoms with E-state index in [0.717, 1.165) is 51.5 Å². The van der Waals surface area contributed by atoms with Crippen LogP contribution in [-0.4, -0.2) is 39.4 Å². The van der Waals surface area contributed by atoms with Gasteiger partial charge in [-0.2, -0.15) is 0 Å². The maximum Gasteiger partial charge on any atom is 0.202 e. The predicted molar refractivity (Wildman–Crippen MR) is 78.7 cm³/mol. The number of anilines is 1. The quantitative estimate of drug-likeness (QED) is 0.675. The Morgan fingerprint density at radius 1 is 1.15 bits per heavy atom. The lowest BCUT2D eigenvalue weighted by Gasteiger charge is -2.09. The van der Waals surface area contributed by atoms with E-state index >= 15 is 0 Å². The third-order valence-corrected chi connectivity index (χ3v) is 3.15. The fourth-order valence-electron chi connectivity index (χ4n) is 2.07. The first-order valence-electron chi connectivity index (χ1n) is 7.10. The SMILES string of the molecule is COCCCn1ccnc1NCCCCn1ccnc1. The van der Waals surface area contributed by atoms with E-state index in [-0.39, 0.29) is 0 Å². The molecule has 0 saturated heterocycles. The first-order valence-corrected chi connectivity index (χ1v) is 7.10. The molecule has 0 bridgehead atoms. The van der Waals surface area contributed by atoms with Crippen LogP contribution in [0.4, 0.5) is 5.95 Å². The molecule has 0 atom stereocenters. The van der Waals surface area contributed by atoms with Gasteiger partial charge in [-0.25, -0.2) is 9.97 Å². The van der Waals surface area contributed by atoms with Gasteiger partial charge in [0.15, 0.2) is 0 Å². The molecule has 0 amide bonds. The summed E-state index contributed by atoms with van der Waals surface area (Å²) in [4.78, 5) is 8.37. The molecular formula is C14H23N5O. The largest absolute Gasteiger partial charge is 0.385 e. The fraction of sp³-hybridized carbons (Fsp3) is 0.571. The summed E-state index contributed by atoms with van der Waals surface area (Å²) in [6.07, 6.45) is 12.8. The number of rotatable bonds is 10. The van der Waals surface area contributed by atoms with Gasteiger partial charge < -0.3 is 19.2 Å². The molecule has 2 heterocycles. The van der Waals surface area contributed by atoms with Crippen LogP contribution in [0.1, 0.15) is 19.3 Å². The van der Waals surface area contributed by atoms with Crippen LogP contribution >= 0.6 is 0 Å². The van der Waals surface area contributed by atoms with Gasteiger partial charge in [-0.15, -0.1) is 0 Å². The van der Waals surface area contributed by atoms with E-state index < -0.39 is 0 Å². The number of aromatic nitrogens is 4. The fourth-order valence-corrected chi connectivity index (χ4v) is 2.07. The van der Waals surface area contributed by atoms with E-state index in [0.29, 0.717) is 0 Å². The maximum atomic E-state index is 5.07. The summed E-state index contributed by atoms with van der Waals surface area (Å²) in [5, 5.41) is 3.39. The van der Waals surface area contributed by atoms with Gasteiger partial charge in [0, 0.05) is 58.1 Å². The lowest BCUT2D eigenvalue weighted by molar-refractivity contribution is 0.190. The zero-order valence-corrected chi connectivity index (χ0v) is 12.0. The van der Waals surface area contributed by atoms with Crippen LogP contribution in [0.2, 0.25) is 0 Å². The van der Waals surface area contributed by atoms with Crippen LogP contribution in [0, 0.1) is 0 Å². The van der Waals surface area contributed by atoms with Gasteiger partial charge in [-0.1, -0.05) is 0 Å². The summed E-state index contributed by atoms with van der Waals surface area (Å²) in [6.45, 7) is 3.67. The Hall–Kier alpha value is -1.82. The number of methoxy groups -OCH3 is 1. The highest BCUT2D eigenvalue weighted by Crippen LogP contribution is 2.06. The molecule has 0 unspecified atom stereocenters. The number of aryl methyl sites for hydroxylation is 2. The zero-order chi connectivity index (χ0) is 14.0. The van der Waals surface area contributed by atoms with Gasteiger partial charge in [0.2, 0.25) is 5.95 Å². The number of hydrogen-bond donors (Lipinski definition) is 1. The van der Waals surface area contributed by atoms with Crippen LogP contribution in [-0.2, 0) is 17.8 Å². The number of unbranched alkanes of at least 4 members (excludes halogenated alkanes) is 1. The zero-order valence-electron chi connectivity index (χ0n) is 12.0. The van der Waals surface area contributed by atoms with E-state index in [2.05, 4.69) is 24.4 Å². The van der Waals surface area contributed by atoms with Crippen molar-refractivity contribution in [3.05, 3.63) is 31.1 Å². The van der Waals surface area contributed by atoms with Gasteiger partial charge in [-0.3, -0.25) is 0 Å². The summed E-state index contributed by atoms with van der Waals surface area (Å²) in [5.41, 5.74) is 0. The highest BCUT2D eigenvalue weighted by Gasteiger charge is 2.01. The van der Waals surface area contributed by atoms with E-state index in [1.54, 1.807) is 7.11 Å². The molecule has 6 nitrogen and oxygen atoms in total. The van der Waals surface area contributed by atoms with Gasteiger partial charge in [-0.05, 0) is 19.3 Å². The molecule has 0 spiro atoms. The molecule has 110 valence electrons. The standard InChI is InChI=1S/C14H23N5O/c1-20-12-4-9-19-11-7-17-14(19)16-5-2-3-8-18-10-6-15-13-18/h6-7,10-11,13H,2-5,8-9,12H2,1H3,(H,16,17). The average molecular weight is 277 g/mol. The number of nitrogens with one attached hydrogen (secondary N) is 1. The average Bonchev–Trinajstić information content (AvgIpc) is 3.11. The van der Waals surface area contributed by atoms with Crippen LogP contribution in [0.5, 0.6) is 0 Å². The van der Waals surface area contributed by atoms with Crippen LogP contribution < -0.4 is 5.32 Å². The molecule has 2 rings (SSSR count). The van der Waals surface area contributed by atoms with Crippen molar-refractivity contribution in [3.8, 4) is 0 Å². The van der Waals surface area contributed by atoms with Crippen molar-refractivity contribution in [2.45, 2.75) is 32.4 Å². The number of nitrogens with zero attached hydrogens (tertiary/aromatic N) is 4. The molecule has 0 radical (unpaired) electrons. The minimum atomic E-state index is 0.780. The first-order chi connectivity index (χ1) is 9.90. The van der Waals surface area contributed by atoms with E-state index in [1.165, 1.54) is 0 Å². The lowest BCUT2D eigenvalue weighted by Crippen LogP contribution is -2.10. The van der Waals surface area contributed by atoms with Crippen molar-refractivity contribution in [1.82, 2.24) is 19.1 Å². The topological polar surface area (TPSA) is 56.9 Å². The minimum Gasteiger partial charge on any atom is -0.385 e. The van der Waals surface area contributed by atoms with E-state index in [1.807, 2.05) is 31.1 Å². The molecule has 2 aromatic heterocycles. The van der Waals surface area contributed by atoms with Crippen molar-refractivity contribution in [3.63, 3.8) is 0 Å². The van der Waals surface area contributed by atoms with Crippen LogP contribution in [0.15, 0.2) is 31.1 Å². The van der Waals surface area contributed by atoms with Crippen molar-refractivity contribution in [2.24, 2.45) is 0 Å². The second-order valence-electron chi connectivity index (χ2n) is 4.72. The van der Waals surface area contributed by atoms with Crippen molar-refractivity contribution < 1.29 is 4.74 Å². The van der Waals surface area contributed by atoms with Crippen LogP contribution in [0.25, 0.3) is 0 Å². The molecule has 0 aliphatic rings. The molecule has 0 aliphatic heterocycles. The van der Waals surface area contributed by atoms with Crippen molar-refractivity contribution >= 4 is 5.95 Å².